The summed E-state index contributed by atoms with van der Waals surface area (Å²) < 4.78 is 31.6. The molecule has 1 aliphatic rings. The molecule has 1 aliphatic heterocycles. The summed E-state index contributed by atoms with van der Waals surface area (Å²) in [6.07, 6.45) is 4.04. The second-order valence-corrected chi connectivity index (χ2v) is 6.15. The molecule has 0 aliphatic carbocycles. The molecule has 3 aromatic rings. The summed E-state index contributed by atoms with van der Waals surface area (Å²) in [5.41, 5.74) is 0.658. The van der Waals surface area contributed by atoms with Crippen LogP contribution in [0.2, 0.25) is 0 Å². The van der Waals surface area contributed by atoms with Gasteiger partial charge in [-0.25, -0.2) is 9.37 Å². The fourth-order valence-electron chi connectivity index (χ4n) is 3.09. The molecule has 1 saturated heterocycles. The highest BCUT2D eigenvalue weighted by molar-refractivity contribution is 5.94. The van der Waals surface area contributed by atoms with E-state index in [4.69, 9.17) is 4.52 Å². The Morgan fingerprint density at radius 3 is 3.00 bits per heavy atom. The Morgan fingerprint density at radius 2 is 2.23 bits per heavy atom. The van der Waals surface area contributed by atoms with E-state index < -0.39 is 11.8 Å². The second-order valence-electron chi connectivity index (χ2n) is 6.15. The maximum atomic E-state index is 13.3. The number of nitrogens with one attached hydrogen (secondary N) is 1. The Bertz CT molecular complexity index is 939. The van der Waals surface area contributed by atoms with Crippen LogP contribution in [-0.2, 0) is 0 Å². The number of likely N-dealkylation sites (tertiary alicyclic amines) is 1. The minimum atomic E-state index is -0.689. The minimum absolute atomic E-state index is 0.100. The Morgan fingerprint density at radius 1 is 1.35 bits per heavy atom. The van der Waals surface area contributed by atoms with Crippen LogP contribution in [-0.4, -0.2) is 44.0 Å². The highest BCUT2D eigenvalue weighted by atomic mass is 19.1. The van der Waals surface area contributed by atoms with E-state index in [1.807, 2.05) is 0 Å². The molecule has 0 spiro atoms. The molecule has 1 fully saturated rings. The van der Waals surface area contributed by atoms with E-state index in [9.17, 15) is 13.6 Å². The van der Waals surface area contributed by atoms with Crippen molar-refractivity contribution >= 4 is 5.91 Å². The topological polar surface area (TPSA) is 87.9 Å². The van der Waals surface area contributed by atoms with Gasteiger partial charge in [0.1, 0.15) is 11.5 Å². The first-order valence-electron chi connectivity index (χ1n) is 8.19. The van der Waals surface area contributed by atoms with E-state index in [0.29, 0.717) is 24.6 Å². The third-order valence-corrected chi connectivity index (χ3v) is 4.37. The molecule has 0 aromatic carbocycles. The van der Waals surface area contributed by atoms with Gasteiger partial charge < -0.3 is 14.4 Å². The lowest BCUT2D eigenvalue weighted by molar-refractivity contribution is 0.0703. The van der Waals surface area contributed by atoms with Gasteiger partial charge in [-0.3, -0.25) is 4.79 Å². The number of amides is 1. The lowest BCUT2D eigenvalue weighted by Crippen LogP contribution is -2.39. The number of hydrogen-bond donors (Lipinski definition) is 1. The number of aromatic nitrogens is 4. The number of pyridine rings is 1. The van der Waals surface area contributed by atoms with Crippen LogP contribution in [0.3, 0.4) is 0 Å². The van der Waals surface area contributed by atoms with Crippen LogP contribution in [0.4, 0.5) is 8.78 Å². The summed E-state index contributed by atoms with van der Waals surface area (Å²) in [7, 11) is 0. The lowest BCUT2D eigenvalue weighted by Gasteiger charge is -2.31. The summed E-state index contributed by atoms with van der Waals surface area (Å²) >= 11 is 0. The molecule has 1 amide bonds. The third kappa shape index (κ3) is 3.19. The number of rotatable bonds is 3. The first kappa shape index (κ1) is 16.4. The van der Waals surface area contributed by atoms with Gasteiger partial charge in [0.05, 0.1) is 0 Å². The average molecular weight is 359 g/mol. The van der Waals surface area contributed by atoms with Gasteiger partial charge in [-0.1, -0.05) is 5.16 Å². The molecule has 0 radical (unpaired) electrons. The van der Waals surface area contributed by atoms with Crippen LogP contribution in [0.5, 0.6) is 0 Å². The zero-order valence-corrected chi connectivity index (χ0v) is 13.7. The molecule has 1 N–H and O–H groups in total. The van der Waals surface area contributed by atoms with Crippen molar-refractivity contribution in [1.82, 2.24) is 25.0 Å². The maximum Gasteiger partial charge on any atom is 0.274 e. The van der Waals surface area contributed by atoms with Crippen LogP contribution in [0.15, 0.2) is 35.1 Å². The molecule has 4 heterocycles. The smallest absolute Gasteiger partial charge is 0.274 e. The summed E-state index contributed by atoms with van der Waals surface area (Å²) in [5, 5.41) is 3.97. The van der Waals surface area contributed by atoms with Gasteiger partial charge in [0.2, 0.25) is 5.95 Å². The van der Waals surface area contributed by atoms with Crippen LogP contribution in [0.1, 0.15) is 34.9 Å². The fourth-order valence-corrected chi connectivity index (χ4v) is 3.09. The van der Waals surface area contributed by atoms with Gasteiger partial charge in [-0.2, -0.15) is 9.37 Å². The van der Waals surface area contributed by atoms with Crippen molar-refractivity contribution < 1.29 is 18.1 Å². The fraction of sp³-hybridized carbons (Fsp3) is 0.294. The number of nitrogens with zero attached hydrogens (tertiary/aromatic N) is 4. The highest BCUT2D eigenvalue weighted by Crippen LogP contribution is 2.27. The van der Waals surface area contributed by atoms with Gasteiger partial charge in [-0.15, -0.1) is 0 Å². The molecule has 7 nitrogen and oxygen atoms in total. The molecular weight excluding hydrogens is 344 g/mol. The number of hydrogen-bond acceptors (Lipinski definition) is 5. The standard InChI is InChI=1S/C17H15F2N5O2/c18-12-7-13(21-8-12)16-22-15(23-26-16)11-2-1-5-24(9-11)17(25)10-3-4-20-14(19)6-10/h3-4,6-8,11,21H,1-2,5,9H2/t11-/m0/s1. The Balaban J connectivity index is 1.50. The van der Waals surface area contributed by atoms with E-state index in [1.165, 1.54) is 24.5 Å². The van der Waals surface area contributed by atoms with Gasteiger partial charge in [0.25, 0.3) is 11.8 Å². The lowest BCUT2D eigenvalue weighted by atomic mass is 9.97. The van der Waals surface area contributed by atoms with Crippen molar-refractivity contribution in [3.63, 3.8) is 0 Å². The third-order valence-electron chi connectivity index (χ3n) is 4.37. The van der Waals surface area contributed by atoms with Crippen molar-refractivity contribution in [2.24, 2.45) is 0 Å². The van der Waals surface area contributed by atoms with Crippen molar-refractivity contribution in [1.29, 1.82) is 0 Å². The maximum absolute atomic E-state index is 13.3. The Kier molecular flexibility index (Phi) is 4.19. The molecule has 0 saturated carbocycles. The molecule has 0 bridgehead atoms. The van der Waals surface area contributed by atoms with Crippen molar-refractivity contribution in [3.05, 3.63) is 53.7 Å². The summed E-state index contributed by atoms with van der Waals surface area (Å²) in [6.45, 7) is 0.979. The van der Waals surface area contributed by atoms with Gasteiger partial charge in [-0.05, 0) is 18.9 Å². The first-order chi connectivity index (χ1) is 12.6. The number of piperidine rings is 1. The Hall–Kier alpha value is -3.10. The summed E-state index contributed by atoms with van der Waals surface area (Å²) in [4.78, 5) is 24.7. The predicted molar refractivity (Wildman–Crippen MR) is 86.1 cm³/mol. The Labute approximate surface area is 147 Å². The number of carbonyl (C=O) groups is 1. The number of aromatic amines is 1. The molecule has 0 unspecified atom stereocenters. The van der Waals surface area contributed by atoms with E-state index in [0.717, 1.165) is 18.9 Å². The highest BCUT2D eigenvalue weighted by Gasteiger charge is 2.29. The van der Waals surface area contributed by atoms with Crippen molar-refractivity contribution in [2.75, 3.05) is 13.1 Å². The zero-order valence-electron chi connectivity index (χ0n) is 13.7. The number of H-pyrrole nitrogens is 1. The van der Waals surface area contributed by atoms with Gasteiger partial charge >= 0.3 is 0 Å². The quantitative estimate of drug-likeness (QED) is 0.727. The van der Waals surface area contributed by atoms with Gasteiger partial charge in [0.15, 0.2) is 5.82 Å². The van der Waals surface area contributed by atoms with Crippen LogP contribution >= 0.6 is 0 Å². The second kappa shape index (κ2) is 6.66. The predicted octanol–water partition coefficient (Wildman–Crippen LogP) is 2.76. The van der Waals surface area contributed by atoms with Crippen molar-refractivity contribution in [3.8, 4) is 11.6 Å². The summed E-state index contributed by atoms with van der Waals surface area (Å²) in [5.74, 6) is -0.802. The summed E-state index contributed by atoms with van der Waals surface area (Å²) in [6, 6.07) is 3.88. The van der Waals surface area contributed by atoms with Crippen LogP contribution < -0.4 is 0 Å². The monoisotopic (exact) mass is 359 g/mol. The largest absolute Gasteiger partial charge is 0.355 e. The first-order valence-corrected chi connectivity index (χ1v) is 8.19. The van der Waals surface area contributed by atoms with Crippen molar-refractivity contribution in [2.45, 2.75) is 18.8 Å². The van der Waals surface area contributed by atoms with E-state index in [-0.39, 0.29) is 23.3 Å². The van der Waals surface area contributed by atoms with E-state index in [1.54, 1.807) is 4.90 Å². The normalized spacial score (nSPS) is 17.5. The van der Waals surface area contributed by atoms with Crippen LogP contribution in [0, 0.1) is 11.8 Å². The molecule has 1 atom stereocenters. The molecule has 26 heavy (non-hydrogen) atoms. The average Bonchev–Trinajstić information content (AvgIpc) is 3.30. The van der Waals surface area contributed by atoms with Gasteiger partial charge in [0, 0.05) is 49.1 Å². The zero-order chi connectivity index (χ0) is 18.1. The van der Waals surface area contributed by atoms with Crippen LogP contribution in [0.25, 0.3) is 11.6 Å². The molecule has 3 aromatic heterocycles. The molecule has 134 valence electrons. The molecule has 9 heteroatoms. The molecular formula is C17H15F2N5O2. The van der Waals surface area contributed by atoms with E-state index >= 15 is 0 Å². The minimum Gasteiger partial charge on any atom is -0.355 e. The molecule has 4 rings (SSSR count). The SMILES string of the molecule is O=C(c1ccnc(F)c1)N1CCC[C@H](c2noc(-c3cc(F)c[nH]3)n2)C1. The number of carbonyl (C=O) groups excluding carboxylic acids is 1. The number of halogens is 2. The van der Waals surface area contributed by atoms with E-state index in [2.05, 4.69) is 20.1 Å².